The predicted octanol–water partition coefficient (Wildman–Crippen LogP) is 1.33. The van der Waals surface area contributed by atoms with E-state index in [0.29, 0.717) is 11.6 Å². The molecule has 0 aliphatic heterocycles. The maximum Gasteiger partial charge on any atom is 0.271 e. The second-order valence-electron chi connectivity index (χ2n) is 6.28. The molecule has 1 aromatic rings. The van der Waals surface area contributed by atoms with Crippen molar-refractivity contribution in [2.24, 2.45) is 24.8 Å². The molecule has 4 atom stereocenters. The predicted molar refractivity (Wildman–Crippen MR) is 75.3 cm³/mol. The largest absolute Gasteiger partial charge is 0.348 e. The van der Waals surface area contributed by atoms with Crippen molar-refractivity contribution in [3.8, 4) is 0 Å². The summed E-state index contributed by atoms with van der Waals surface area (Å²) in [6.45, 7) is 2.09. The van der Waals surface area contributed by atoms with Crippen molar-refractivity contribution in [2.45, 2.75) is 38.6 Å². The molecule has 2 aliphatic carbocycles. The minimum absolute atomic E-state index is 0.178. The molecule has 1 aromatic heterocycles. The minimum Gasteiger partial charge on any atom is -0.348 e. The smallest absolute Gasteiger partial charge is 0.271 e. The van der Waals surface area contributed by atoms with Gasteiger partial charge in [-0.25, -0.2) is 4.68 Å². The Bertz CT molecular complexity index is 581. The number of nitrogens with one attached hydrogen (secondary N) is 1. The Balaban J connectivity index is 1.66. The number of aryl methyl sites for hydroxylation is 1. The molecular weight excluding hydrogens is 254 g/mol. The lowest BCUT2D eigenvalue weighted by atomic mass is 9.84. The van der Waals surface area contributed by atoms with Crippen LogP contribution < -0.4 is 10.9 Å². The van der Waals surface area contributed by atoms with Gasteiger partial charge in [-0.3, -0.25) is 9.59 Å². The fourth-order valence-corrected chi connectivity index (χ4v) is 3.92. The van der Waals surface area contributed by atoms with Gasteiger partial charge in [0.2, 0.25) is 0 Å². The fraction of sp³-hybridized carbons (Fsp3) is 0.667. The van der Waals surface area contributed by atoms with Gasteiger partial charge in [0, 0.05) is 19.2 Å². The van der Waals surface area contributed by atoms with Crippen LogP contribution in [0.1, 0.15) is 43.1 Å². The quantitative estimate of drug-likeness (QED) is 0.905. The number of rotatable bonds is 3. The Hall–Kier alpha value is -1.65. The number of fused-ring (bicyclic) bond motifs is 2. The molecule has 0 unspecified atom stereocenters. The van der Waals surface area contributed by atoms with Gasteiger partial charge in [0.05, 0.1) is 0 Å². The zero-order chi connectivity index (χ0) is 14.3. The van der Waals surface area contributed by atoms with Crippen LogP contribution in [0.3, 0.4) is 0 Å². The molecular formula is C15H21N3O2. The van der Waals surface area contributed by atoms with Crippen molar-refractivity contribution >= 4 is 5.91 Å². The van der Waals surface area contributed by atoms with E-state index in [1.54, 1.807) is 7.05 Å². The van der Waals surface area contributed by atoms with E-state index in [1.807, 2.05) is 0 Å². The van der Waals surface area contributed by atoms with Crippen molar-refractivity contribution in [1.29, 1.82) is 0 Å². The number of hydrogen-bond donors (Lipinski definition) is 1. The van der Waals surface area contributed by atoms with E-state index in [0.717, 1.165) is 11.8 Å². The van der Waals surface area contributed by atoms with Crippen molar-refractivity contribution in [2.75, 3.05) is 0 Å². The molecule has 108 valence electrons. The Morgan fingerprint density at radius 3 is 2.80 bits per heavy atom. The normalized spacial score (nSPS) is 29.4. The lowest BCUT2D eigenvalue weighted by molar-refractivity contribution is 0.0908. The zero-order valence-corrected chi connectivity index (χ0v) is 12.0. The number of nitrogens with zero attached hydrogens (tertiary/aromatic N) is 2. The monoisotopic (exact) mass is 275 g/mol. The molecule has 2 fully saturated rings. The van der Waals surface area contributed by atoms with E-state index in [4.69, 9.17) is 0 Å². The van der Waals surface area contributed by atoms with Gasteiger partial charge in [0.15, 0.2) is 0 Å². The summed E-state index contributed by atoms with van der Waals surface area (Å²) in [7, 11) is 1.55. The number of carbonyl (C=O) groups excluding carboxylic acids is 1. The van der Waals surface area contributed by atoms with E-state index in [1.165, 1.54) is 42.5 Å². The van der Waals surface area contributed by atoms with Gasteiger partial charge in [-0.15, -0.1) is 0 Å². The average Bonchev–Trinajstić information content (AvgIpc) is 3.04. The Morgan fingerprint density at radius 1 is 1.40 bits per heavy atom. The highest BCUT2D eigenvalue weighted by Crippen LogP contribution is 2.49. The lowest BCUT2D eigenvalue weighted by Gasteiger charge is -2.28. The maximum atomic E-state index is 12.2. The van der Waals surface area contributed by atoms with Gasteiger partial charge >= 0.3 is 0 Å². The molecule has 0 radical (unpaired) electrons. The van der Waals surface area contributed by atoms with E-state index < -0.39 is 0 Å². The fourth-order valence-electron chi connectivity index (χ4n) is 3.92. The maximum absolute atomic E-state index is 12.2. The van der Waals surface area contributed by atoms with Gasteiger partial charge in [-0.05, 0) is 50.0 Å². The molecule has 1 N–H and O–H groups in total. The molecule has 2 bridgehead atoms. The molecule has 1 amide bonds. The van der Waals surface area contributed by atoms with Gasteiger partial charge < -0.3 is 5.32 Å². The van der Waals surface area contributed by atoms with Gasteiger partial charge in [0.1, 0.15) is 5.69 Å². The van der Waals surface area contributed by atoms with Crippen LogP contribution in [-0.2, 0) is 7.05 Å². The SMILES string of the molecule is C[C@@H](NC(=O)c1ccc(=O)n(C)n1)[C@@H]1C[C@H]2CC[C@H]1C2. The minimum atomic E-state index is -0.206. The van der Waals surface area contributed by atoms with Crippen molar-refractivity contribution < 1.29 is 4.79 Å². The first-order valence-electron chi connectivity index (χ1n) is 7.40. The van der Waals surface area contributed by atoms with Crippen molar-refractivity contribution in [3.05, 3.63) is 28.2 Å². The molecule has 0 spiro atoms. The molecule has 20 heavy (non-hydrogen) atoms. The van der Waals surface area contributed by atoms with Crippen molar-refractivity contribution in [3.63, 3.8) is 0 Å². The van der Waals surface area contributed by atoms with Crippen LogP contribution in [-0.4, -0.2) is 21.7 Å². The summed E-state index contributed by atoms with van der Waals surface area (Å²) in [5.41, 5.74) is 0.102. The molecule has 0 aromatic carbocycles. The molecule has 5 heteroatoms. The first kappa shape index (κ1) is 13.3. The first-order valence-corrected chi connectivity index (χ1v) is 7.40. The second kappa shape index (κ2) is 5.04. The van der Waals surface area contributed by atoms with Crippen LogP contribution in [0, 0.1) is 17.8 Å². The topological polar surface area (TPSA) is 64.0 Å². The Kier molecular flexibility index (Phi) is 3.36. The summed E-state index contributed by atoms with van der Waals surface area (Å²) in [4.78, 5) is 23.5. The highest BCUT2D eigenvalue weighted by Gasteiger charge is 2.42. The highest BCUT2D eigenvalue weighted by atomic mass is 16.2. The number of carbonyl (C=O) groups is 1. The lowest BCUT2D eigenvalue weighted by Crippen LogP contribution is -2.41. The summed E-state index contributed by atoms with van der Waals surface area (Å²) in [5.74, 6) is 2.07. The summed E-state index contributed by atoms with van der Waals surface area (Å²) < 4.78 is 1.19. The standard InChI is InChI=1S/C15H21N3O2/c1-9(12-8-10-3-4-11(12)7-10)16-15(20)13-5-6-14(19)18(2)17-13/h5-6,9-12H,3-4,7-8H2,1-2H3,(H,16,20)/t9-,10+,11+,12+/m1/s1. The number of aromatic nitrogens is 2. The van der Waals surface area contributed by atoms with Crippen LogP contribution in [0.25, 0.3) is 0 Å². The molecule has 5 nitrogen and oxygen atoms in total. The first-order chi connectivity index (χ1) is 9.54. The number of hydrogen-bond acceptors (Lipinski definition) is 3. The molecule has 0 saturated heterocycles. The van der Waals surface area contributed by atoms with E-state index in [9.17, 15) is 9.59 Å². The van der Waals surface area contributed by atoms with E-state index in [-0.39, 0.29) is 17.5 Å². The average molecular weight is 275 g/mol. The van der Waals surface area contributed by atoms with Crippen LogP contribution in [0.2, 0.25) is 0 Å². The molecule has 1 heterocycles. The summed E-state index contributed by atoms with van der Waals surface area (Å²) in [6.07, 6.45) is 5.26. The summed E-state index contributed by atoms with van der Waals surface area (Å²) in [5, 5.41) is 7.05. The van der Waals surface area contributed by atoms with Crippen LogP contribution in [0.4, 0.5) is 0 Å². The molecule has 3 rings (SSSR count). The highest BCUT2D eigenvalue weighted by molar-refractivity contribution is 5.92. The van der Waals surface area contributed by atoms with Crippen molar-refractivity contribution in [1.82, 2.24) is 15.1 Å². The summed E-state index contributed by atoms with van der Waals surface area (Å²) >= 11 is 0. The summed E-state index contributed by atoms with van der Waals surface area (Å²) in [6, 6.07) is 3.05. The molecule has 2 saturated carbocycles. The number of amides is 1. The van der Waals surface area contributed by atoms with Gasteiger partial charge in [-0.1, -0.05) is 6.42 Å². The van der Waals surface area contributed by atoms with Gasteiger partial charge in [0.25, 0.3) is 11.5 Å². The third kappa shape index (κ3) is 2.37. The van der Waals surface area contributed by atoms with Gasteiger partial charge in [-0.2, -0.15) is 5.10 Å². The Labute approximate surface area is 118 Å². The van der Waals surface area contributed by atoms with Crippen LogP contribution in [0.5, 0.6) is 0 Å². The third-order valence-corrected chi connectivity index (χ3v) is 4.99. The third-order valence-electron chi connectivity index (χ3n) is 4.99. The van der Waals surface area contributed by atoms with E-state index in [2.05, 4.69) is 17.3 Å². The van der Waals surface area contributed by atoms with E-state index >= 15 is 0 Å². The zero-order valence-electron chi connectivity index (χ0n) is 12.0. The molecule has 2 aliphatic rings. The van der Waals surface area contributed by atoms with Crippen LogP contribution in [0.15, 0.2) is 16.9 Å². The Morgan fingerprint density at radius 2 is 2.20 bits per heavy atom. The van der Waals surface area contributed by atoms with Crippen LogP contribution >= 0.6 is 0 Å². The second-order valence-corrected chi connectivity index (χ2v) is 6.28.